The van der Waals surface area contributed by atoms with Gasteiger partial charge in [0.2, 0.25) is 0 Å². The molecule has 1 aliphatic rings. The fourth-order valence-corrected chi connectivity index (χ4v) is 2.66. The van der Waals surface area contributed by atoms with E-state index in [2.05, 4.69) is 10.3 Å². The Morgan fingerprint density at radius 2 is 2.35 bits per heavy atom. The van der Waals surface area contributed by atoms with Crippen LogP contribution in [0.1, 0.15) is 36.4 Å². The molecule has 1 aliphatic carbocycles. The number of carbonyl (C=O) groups excluding carboxylic acids is 1. The van der Waals surface area contributed by atoms with Crippen molar-refractivity contribution in [3.05, 3.63) is 16.1 Å². The second-order valence-corrected chi connectivity index (χ2v) is 5.41. The molecule has 0 spiro atoms. The molecule has 0 unspecified atom stereocenters. The Morgan fingerprint density at radius 3 is 3.00 bits per heavy atom. The van der Waals surface area contributed by atoms with Crippen LogP contribution in [0.4, 0.5) is 4.79 Å². The molecule has 0 aliphatic heterocycles. The van der Waals surface area contributed by atoms with Crippen LogP contribution in [-0.4, -0.2) is 23.7 Å². The van der Waals surface area contributed by atoms with Gasteiger partial charge < -0.3 is 10.1 Å². The largest absolute Gasteiger partial charge is 0.446 e. The third-order valence-electron chi connectivity index (χ3n) is 2.89. The van der Waals surface area contributed by atoms with Crippen molar-refractivity contribution in [3.8, 4) is 0 Å². The van der Waals surface area contributed by atoms with Gasteiger partial charge in [-0.3, -0.25) is 0 Å². The fourth-order valence-electron chi connectivity index (χ4n) is 2.01. The van der Waals surface area contributed by atoms with Crippen molar-refractivity contribution in [2.45, 2.75) is 45.1 Å². The first-order valence-corrected chi connectivity index (χ1v) is 6.97. The lowest BCUT2D eigenvalue weighted by Gasteiger charge is -2.11. The number of rotatable bonds is 4. The van der Waals surface area contributed by atoms with Gasteiger partial charge in [0.1, 0.15) is 6.10 Å². The summed E-state index contributed by atoms with van der Waals surface area (Å²) in [5.74, 6) is 0. The molecule has 1 N–H and O–H groups in total. The number of aryl methyl sites for hydroxylation is 1. The maximum absolute atomic E-state index is 11.4. The van der Waals surface area contributed by atoms with E-state index >= 15 is 0 Å². The summed E-state index contributed by atoms with van der Waals surface area (Å²) in [6, 6.07) is 0. The molecule has 4 nitrogen and oxygen atoms in total. The monoisotopic (exact) mass is 254 g/mol. The van der Waals surface area contributed by atoms with Crippen LogP contribution < -0.4 is 5.32 Å². The maximum atomic E-state index is 11.4. The third kappa shape index (κ3) is 4.00. The number of carbonyl (C=O) groups is 1. The SMILES string of the molecule is Cc1nc(CCNC(=O)OC2CCCC2)cs1. The Kier molecular flexibility index (Phi) is 4.36. The lowest BCUT2D eigenvalue weighted by Crippen LogP contribution is -2.29. The van der Waals surface area contributed by atoms with Crippen LogP contribution in [0, 0.1) is 6.92 Å². The van der Waals surface area contributed by atoms with E-state index < -0.39 is 0 Å². The molecule has 0 bridgehead atoms. The van der Waals surface area contributed by atoms with Crippen LogP contribution in [0.2, 0.25) is 0 Å². The van der Waals surface area contributed by atoms with Crippen molar-refractivity contribution in [2.24, 2.45) is 0 Å². The molecule has 1 fully saturated rings. The molecule has 1 aromatic rings. The lowest BCUT2D eigenvalue weighted by atomic mass is 10.3. The lowest BCUT2D eigenvalue weighted by molar-refractivity contribution is 0.101. The standard InChI is InChI=1S/C12H18N2O2S/c1-9-14-10(8-17-9)6-7-13-12(15)16-11-4-2-3-5-11/h8,11H,2-7H2,1H3,(H,13,15). The van der Waals surface area contributed by atoms with Crippen molar-refractivity contribution in [3.63, 3.8) is 0 Å². The molecule has 0 saturated heterocycles. The number of alkyl carbamates (subject to hydrolysis) is 1. The van der Waals surface area contributed by atoms with Crippen LogP contribution in [0.3, 0.4) is 0 Å². The van der Waals surface area contributed by atoms with E-state index in [-0.39, 0.29) is 12.2 Å². The molecule has 0 atom stereocenters. The highest BCUT2D eigenvalue weighted by atomic mass is 32.1. The Morgan fingerprint density at radius 1 is 1.59 bits per heavy atom. The van der Waals surface area contributed by atoms with Crippen molar-refractivity contribution >= 4 is 17.4 Å². The average Bonchev–Trinajstić information content (AvgIpc) is 2.90. The Hall–Kier alpha value is -1.10. The van der Waals surface area contributed by atoms with Crippen LogP contribution in [0.25, 0.3) is 0 Å². The zero-order chi connectivity index (χ0) is 12.1. The molecule has 5 heteroatoms. The highest BCUT2D eigenvalue weighted by Crippen LogP contribution is 2.20. The van der Waals surface area contributed by atoms with Crippen LogP contribution >= 0.6 is 11.3 Å². The summed E-state index contributed by atoms with van der Waals surface area (Å²) in [4.78, 5) is 15.8. The van der Waals surface area contributed by atoms with Gasteiger partial charge in [-0.05, 0) is 32.6 Å². The van der Waals surface area contributed by atoms with Crippen LogP contribution in [-0.2, 0) is 11.2 Å². The summed E-state index contributed by atoms with van der Waals surface area (Å²) >= 11 is 1.63. The summed E-state index contributed by atoms with van der Waals surface area (Å²) < 4.78 is 5.29. The number of ether oxygens (including phenoxy) is 1. The smallest absolute Gasteiger partial charge is 0.407 e. The van der Waals surface area contributed by atoms with E-state index in [1.807, 2.05) is 12.3 Å². The van der Waals surface area contributed by atoms with Crippen molar-refractivity contribution in [1.29, 1.82) is 0 Å². The molecule has 1 heterocycles. The van der Waals surface area contributed by atoms with E-state index in [0.29, 0.717) is 6.54 Å². The molecular weight excluding hydrogens is 236 g/mol. The Labute approximate surface area is 105 Å². The normalized spacial score (nSPS) is 16.1. The van der Waals surface area contributed by atoms with E-state index in [0.717, 1.165) is 30.0 Å². The molecule has 0 radical (unpaired) electrons. The van der Waals surface area contributed by atoms with Gasteiger partial charge in [-0.1, -0.05) is 0 Å². The second kappa shape index (κ2) is 6.00. The van der Waals surface area contributed by atoms with Crippen LogP contribution in [0.15, 0.2) is 5.38 Å². The molecule has 1 aromatic heterocycles. The number of nitrogens with zero attached hydrogens (tertiary/aromatic N) is 1. The number of hydrogen-bond donors (Lipinski definition) is 1. The van der Waals surface area contributed by atoms with Gasteiger partial charge in [-0.15, -0.1) is 11.3 Å². The van der Waals surface area contributed by atoms with Gasteiger partial charge in [0, 0.05) is 18.3 Å². The molecule has 94 valence electrons. The minimum Gasteiger partial charge on any atom is -0.446 e. The summed E-state index contributed by atoms with van der Waals surface area (Å²) in [6.07, 6.45) is 4.99. The molecular formula is C12H18N2O2S. The predicted molar refractivity (Wildman–Crippen MR) is 67.3 cm³/mol. The van der Waals surface area contributed by atoms with E-state index in [1.54, 1.807) is 11.3 Å². The highest BCUT2D eigenvalue weighted by Gasteiger charge is 2.18. The number of thiazole rings is 1. The summed E-state index contributed by atoms with van der Waals surface area (Å²) in [7, 11) is 0. The predicted octanol–water partition coefficient (Wildman–Crippen LogP) is 2.66. The minimum absolute atomic E-state index is 0.136. The summed E-state index contributed by atoms with van der Waals surface area (Å²) in [6.45, 7) is 2.57. The number of hydrogen-bond acceptors (Lipinski definition) is 4. The first-order chi connectivity index (χ1) is 8.24. The quantitative estimate of drug-likeness (QED) is 0.898. The van der Waals surface area contributed by atoms with E-state index in [4.69, 9.17) is 4.74 Å². The van der Waals surface area contributed by atoms with Crippen molar-refractivity contribution in [2.75, 3.05) is 6.54 Å². The minimum atomic E-state index is -0.288. The molecule has 0 aromatic carbocycles. The average molecular weight is 254 g/mol. The highest BCUT2D eigenvalue weighted by molar-refractivity contribution is 7.09. The Bertz CT molecular complexity index is 372. The van der Waals surface area contributed by atoms with Gasteiger partial charge in [-0.25, -0.2) is 9.78 Å². The van der Waals surface area contributed by atoms with Gasteiger partial charge in [0.15, 0.2) is 0 Å². The van der Waals surface area contributed by atoms with E-state index in [9.17, 15) is 4.79 Å². The molecule has 17 heavy (non-hydrogen) atoms. The fraction of sp³-hybridized carbons (Fsp3) is 0.667. The van der Waals surface area contributed by atoms with Crippen LogP contribution in [0.5, 0.6) is 0 Å². The molecule has 1 saturated carbocycles. The number of aromatic nitrogens is 1. The molecule has 2 rings (SSSR count). The molecule has 1 amide bonds. The third-order valence-corrected chi connectivity index (χ3v) is 3.72. The second-order valence-electron chi connectivity index (χ2n) is 4.35. The topological polar surface area (TPSA) is 51.2 Å². The number of amides is 1. The van der Waals surface area contributed by atoms with Crippen molar-refractivity contribution < 1.29 is 9.53 Å². The maximum Gasteiger partial charge on any atom is 0.407 e. The Balaban J connectivity index is 1.62. The van der Waals surface area contributed by atoms with Gasteiger partial charge in [-0.2, -0.15) is 0 Å². The van der Waals surface area contributed by atoms with Crippen molar-refractivity contribution in [1.82, 2.24) is 10.3 Å². The first kappa shape index (κ1) is 12.4. The number of nitrogens with one attached hydrogen (secondary N) is 1. The summed E-state index contributed by atoms with van der Waals surface area (Å²) in [5, 5.41) is 5.86. The first-order valence-electron chi connectivity index (χ1n) is 6.09. The van der Waals surface area contributed by atoms with Gasteiger partial charge >= 0.3 is 6.09 Å². The zero-order valence-electron chi connectivity index (χ0n) is 10.1. The van der Waals surface area contributed by atoms with Gasteiger partial charge in [0.05, 0.1) is 10.7 Å². The zero-order valence-corrected chi connectivity index (χ0v) is 10.9. The van der Waals surface area contributed by atoms with E-state index in [1.165, 1.54) is 12.8 Å². The summed E-state index contributed by atoms with van der Waals surface area (Å²) in [5.41, 5.74) is 1.04. The van der Waals surface area contributed by atoms with Gasteiger partial charge in [0.25, 0.3) is 0 Å².